The third-order valence-corrected chi connectivity index (χ3v) is 2.84. The zero-order chi connectivity index (χ0) is 12.3. The number of rotatable bonds is 3. The minimum atomic E-state index is -0.454. The Kier molecular flexibility index (Phi) is 3.31. The summed E-state index contributed by atoms with van der Waals surface area (Å²) < 4.78 is 1.52. The Hall–Kier alpha value is -1.99. The van der Waals surface area contributed by atoms with Gasteiger partial charge in [-0.05, 0) is 12.1 Å². The van der Waals surface area contributed by atoms with Crippen molar-refractivity contribution >= 4 is 17.2 Å². The molecule has 0 aliphatic carbocycles. The highest BCUT2D eigenvalue weighted by Gasteiger charge is 2.06. The van der Waals surface area contributed by atoms with Crippen LogP contribution in [-0.2, 0) is 6.54 Å². The van der Waals surface area contributed by atoms with Crippen molar-refractivity contribution in [3.8, 4) is 0 Å². The van der Waals surface area contributed by atoms with Gasteiger partial charge in [-0.25, -0.2) is 10.8 Å². The number of aromatic nitrogens is 2. The lowest BCUT2D eigenvalue weighted by Crippen LogP contribution is -2.31. The third-order valence-electron chi connectivity index (χ3n) is 2.15. The molecule has 1 amide bonds. The molecule has 3 N–H and O–H groups in total. The van der Waals surface area contributed by atoms with Gasteiger partial charge in [0.05, 0.1) is 12.2 Å². The molecular weight excluding hydrogens is 240 g/mol. The topological polar surface area (TPSA) is 90.0 Å². The molecule has 0 aliphatic heterocycles. The molecule has 2 heterocycles. The standard InChI is InChI=1S/C10H10N4O2S/c11-13-9(15)8-3-1-2-7(12-8)6-14-4-5-17-10(14)16/h1-5H,6,11H2,(H,13,15). The first-order valence-corrected chi connectivity index (χ1v) is 5.69. The van der Waals surface area contributed by atoms with Gasteiger partial charge in [-0.3, -0.25) is 19.6 Å². The van der Waals surface area contributed by atoms with Crippen LogP contribution in [0.5, 0.6) is 0 Å². The first kappa shape index (κ1) is 11.5. The lowest BCUT2D eigenvalue weighted by atomic mass is 10.3. The molecule has 17 heavy (non-hydrogen) atoms. The molecule has 2 aromatic rings. The summed E-state index contributed by atoms with van der Waals surface area (Å²) >= 11 is 1.12. The third kappa shape index (κ3) is 2.58. The number of thiazole rings is 1. The van der Waals surface area contributed by atoms with Crippen LogP contribution < -0.4 is 16.1 Å². The van der Waals surface area contributed by atoms with Crippen molar-refractivity contribution in [2.45, 2.75) is 6.54 Å². The average Bonchev–Trinajstić information content (AvgIpc) is 2.74. The van der Waals surface area contributed by atoms with Gasteiger partial charge in [0, 0.05) is 11.6 Å². The fourth-order valence-corrected chi connectivity index (χ4v) is 1.94. The quantitative estimate of drug-likeness (QED) is 0.454. The number of nitrogens with zero attached hydrogens (tertiary/aromatic N) is 2. The van der Waals surface area contributed by atoms with E-state index in [1.54, 1.807) is 29.8 Å². The van der Waals surface area contributed by atoms with Crippen LogP contribution in [0.4, 0.5) is 0 Å². The SMILES string of the molecule is NNC(=O)c1cccc(Cn2ccsc2=O)n1. The number of nitrogen functional groups attached to an aromatic ring is 1. The van der Waals surface area contributed by atoms with E-state index in [0.717, 1.165) is 11.3 Å². The van der Waals surface area contributed by atoms with Crippen molar-refractivity contribution in [3.05, 3.63) is 50.8 Å². The number of hydrogen-bond acceptors (Lipinski definition) is 5. The lowest BCUT2D eigenvalue weighted by molar-refractivity contribution is 0.0948. The molecule has 0 unspecified atom stereocenters. The van der Waals surface area contributed by atoms with Gasteiger partial charge >= 0.3 is 4.87 Å². The number of pyridine rings is 1. The van der Waals surface area contributed by atoms with E-state index in [2.05, 4.69) is 4.98 Å². The van der Waals surface area contributed by atoms with Gasteiger partial charge in [0.1, 0.15) is 5.69 Å². The van der Waals surface area contributed by atoms with E-state index in [0.29, 0.717) is 12.2 Å². The van der Waals surface area contributed by atoms with Gasteiger partial charge in [0.15, 0.2) is 0 Å². The summed E-state index contributed by atoms with van der Waals surface area (Å²) in [6.45, 7) is 0.341. The molecule has 0 bridgehead atoms. The molecule has 7 heteroatoms. The van der Waals surface area contributed by atoms with Gasteiger partial charge in [0.2, 0.25) is 0 Å². The Labute approximate surface area is 101 Å². The van der Waals surface area contributed by atoms with Crippen molar-refractivity contribution in [1.29, 1.82) is 0 Å². The number of hydrogen-bond donors (Lipinski definition) is 2. The molecule has 0 spiro atoms. The van der Waals surface area contributed by atoms with Crippen molar-refractivity contribution in [3.63, 3.8) is 0 Å². The first-order chi connectivity index (χ1) is 8.20. The second-order valence-corrected chi connectivity index (χ2v) is 4.14. The molecule has 0 saturated heterocycles. The molecule has 6 nitrogen and oxygen atoms in total. The van der Waals surface area contributed by atoms with Crippen LogP contribution >= 0.6 is 11.3 Å². The van der Waals surface area contributed by atoms with E-state index in [4.69, 9.17) is 5.84 Å². The number of nitrogens with one attached hydrogen (secondary N) is 1. The predicted octanol–water partition coefficient (Wildman–Crippen LogP) is -0.0434. The van der Waals surface area contributed by atoms with Crippen LogP contribution in [0.3, 0.4) is 0 Å². The summed E-state index contributed by atoms with van der Waals surface area (Å²) in [5.41, 5.74) is 2.87. The first-order valence-electron chi connectivity index (χ1n) is 4.81. The molecule has 0 aliphatic rings. The van der Waals surface area contributed by atoms with Crippen LogP contribution in [0, 0.1) is 0 Å². The van der Waals surface area contributed by atoms with Crippen LogP contribution in [0.25, 0.3) is 0 Å². The van der Waals surface area contributed by atoms with E-state index in [9.17, 15) is 9.59 Å². The lowest BCUT2D eigenvalue weighted by Gasteiger charge is -2.03. The van der Waals surface area contributed by atoms with Crippen molar-refractivity contribution in [2.75, 3.05) is 0 Å². The van der Waals surface area contributed by atoms with Crippen LogP contribution in [-0.4, -0.2) is 15.5 Å². The van der Waals surface area contributed by atoms with Crippen molar-refractivity contribution < 1.29 is 4.79 Å². The maximum Gasteiger partial charge on any atom is 0.307 e. The normalized spacial score (nSPS) is 10.2. The second kappa shape index (κ2) is 4.89. The van der Waals surface area contributed by atoms with Gasteiger partial charge < -0.3 is 0 Å². The number of amides is 1. The van der Waals surface area contributed by atoms with Gasteiger partial charge in [0.25, 0.3) is 5.91 Å². The molecule has 88 valence electrons. The molecule has 0 radical (unpaired) electrons. The number of nitrogens with two attached hydrogens (primary N) is 1. The van der Waals surface area contributed by atoms with E-state index >= 15 is 0 Å². The predicted molar refractivity (Wildman–Crippen MR) is 63.6 cm³/mol. The average molecular weight is 250 g/mol. The maximum absolute atomic E-state index is 11.4. The van der Waals surface area contributed by atoms with E-state index in [1.807, 2.05) is 5.43 Å². The van der Waals surface area contributed by atoms with E-state index < -0.39 is 5.91 Å². The van der Waals surface area contributed by atoms with Crippen molar-refractivity contribution in [1.82, 2.24) is 15.0 Å². The summed E-state index contributed by atoms with van der Waals surface area (Å²) in [7, 11) is 0. The van der Waals surface area contributed by atoms with Gasteiger partial charge in [-0.1, -0.05) is 17.4 Å². The molecule has 0 atom stereocenters. The molecular formula is C10H10N4O2S. The highest BCUT2D eigenvalue weighted by Crippen LogP contribution is 2.02. The fourth-order valence-electron chi connectivity index (χ4n) is 1.35. The van der Waals surface area contributed by atoms with Crippen LogP contribution in [0.1, 0.15) is 16.2 Å². The monoisotopic (exact) mass is 250 g/mol. The summed E-state index contributed by atoms with van der Waals surface area (Å²) in [6, 6.07) is 5.00. The summed E-state index contributed by atoms with van der Waals surface area (Å²) in [6.07, 6.45) is 1.68. The zero-order valence-corrected chi connectivity index (χ0v) is 9.61. The Morgan fingerprint density at radius 3 is 3.00 bits per heavy atom. The highest BCUT2D eigenvalue weighted by molar-refractivity contribution is 7.07. The molecule has 0 saturated carbocycles. The fraction of sp³-hybridized carbons (Fsp3) is 0.100. The highest BCUT2D eigenvalue weighted by atomic mass is 32.1. The van der Waals surface area contributed by atoms with Gasteiger partial charge in [-0.2, -0.15) is 0 Å². The van der Waals surface area contributed by atoms with Gasteiger partial charge in [-0.15, -0.1) is 0 Å². The zero-order valence-electron chi connectivity index (χ0n) is 8.79. The minimum absolute atomic E-state index is 0.0551. The Morgan fingerprint density at radius 1 is 1.53 bits per heavy atom. The summed E-state index contributed by atoms with van der Waals surface area (Å²) in [4.78, 5) is 26.7. The molecule has 0 aromatic carbocycles. The number of hydrazine groups is 1. The maximum atomic E-state index is 11.4. The van der Waals surface area contributed by atoms with E-state index in [-0.39, 0.29) is 10.6 Å². The Bertz CT molecular complexity index is 590. The Morgan fingerprint density at radius 2 is 2.35 bits per heavy atom. The van der Waals surface area contributed by atoms with Crippen LogP contribution in [0.15, 0.2) is 34.6 Å². The molecule has 2 aromatic heterocycles. The molecule has 0 fully saturated rings. The Balaban J connectivity index is 2.25. The number of carbonyl (C=O) groups is 1. The summed E-state index contributed by atoms with van der Waals surface area (Å²) in [5.74, 6) is 4.57. The second-order valence-electron chi connectivity index (χ2n) is 3.28. The summed E-state index contributed by atoms with van der Waals surface area (Å²) in [5, 5.41) is 1.71. The van der Waals surface area contributed by atoms with E-state index in [1.165, 1.54) is 4.57 Å². The largest absolute Gasteiger partial charge is 0.307 e. The minimum Gasteiger partial charge on any atom is -0.300 e. The molecule has 2 rings (SSSR count). The number of carbonyl (C=O) groups excluding carboxylic acids is 1. The smallest absolute Gasteiger partial charge is 0.300 e. The van der Waals surface area contributed by atoms with Crippen molar-refractivity contribution in [2.24, 2.45) is 5.84 Å². The van der Waals surface area contributed by atoms with Crippen LogP contribution in [0.2, 0.25) is 0 Å².